The molecule has 4 aromatic carbocycles. The van der Waals surface area contributed by atoms with Crippen molar-refractivity contribution >= 4 is 27.8 Å². The molecule has 0 radical (unpaired) electrons. The zero-order valence-electron chi connectivity index (χ0n) is 18.8. The third kappa shape index (κ3) is 4.24. The van der Waals surface area contributed by atoms with Crippen LogP contribution in [-0.2, 0) is 0 Å². The average Bonchev–Trinajstić information content (AvgIpc) is 2.92. The minimum absolute atomic E-state index is 0.0897. The Morgan fingerprint density at radius 1 is 0.618 bits per heavy atom. The highest BCUT2D eigenvalue weighted by Crippen LogP contribution is 2.34. The molecule has 0 aliphatic heterocycles. The molecule has 5 aromatic rings. The predicted molar refractivity (Wildman–Crippen MR) is 138 cm³/mol. The quantitative estimate of drug-likeness (QED) is 0.209. The van der Waals surface area contributed by atoms with Gasteiger partial charge in [-0.15, -0.1) is 0 Å². The van der Waals surface area contributed by atoms with Gasteiger partial charge < -0.3 is 4.74 Å². The second-order valence-electron chi connectivity index (χ2n) is 7.93. The second kappa shape index (κ2) is 9.55. The maximum absolute atomic E-state index is 14.1. The summed E-state index contributed by atoms with van der Waals surface area (Å²) in [6.45, 7) is 0. The fourth-order valence-corrected chi connectivity index (χ4v) is 4.11. The van der Waals surface area contributed by atoms with Crippen LogP contribution in [0.2, 0.25) is 0 Å². The number of ketones is 1. The van der Waals surface area contributed by atoms with E-state index in [0.717, 1.165) is 27.6 Å². The number of fused-ring (bicyclic) bond motifs is 1. The Morgan fingerprint density at radius 3 is 1.82 bits per heavy atom. The summed E-state index contributed by atoms with van der Waals surface area (Å²) >= 11 is 0. The number of rotatable bonds is 6. The summed E-state index contributed by atoms with van der Waals surface area (Å²) in [4.78, 5) is 19.1. The molecule has 0 amide bonds. The second-order valence-corrected chi connectivity index (χ2v) is 7.93. The van der Waals surface area contributed by atoms with E-state index < -0.39 is 0 Å². The zero-order chi connectivity index (χ0) is 23.3. The summed E-state index contributed by atoms with van der Waals surface area (Å²) in [5.74, 6) is 0.616. The van der Waals surface area contributed by atoms with Crippen molar-refractivity contribution in [3.63, 3.8) is 0 Å². The van der Waals surface area contributed by atoms with Crippen molar-refractivity contribution in [2.45, 2.75) is 0 Å². The molecule has 0 unspecified atom stereocenters. The smallest absolute Gasteiger partial charge is 0.195 e. The van der Waals surface area contributed by atoms with Crippen molar-refractivity contribution in [1.29, 1.82) is 0 Å². The average molecular weight is 442 g/mol. The lowest BCUT2D eigenvalue weighted by molar-refractivity contribution is 0.105. The first-order valence-electron chi connectivity index (χ1n) is 11.1. The van der Waals surface area contributed by atoms with E-state index in [1.165, 1.54) is 0 Å². The van der Waals surface area contributed by atoms with Gasteiger partial charge in [-0.25, -0.2) is 4.98 Å². The number of Topliss-reactive ketones (excluding diaryl/α,β-unsaturated/α-hetero) is 1. The van der Waals surface area contributed by atoms with E-state index in [-0.39, 0.29) is 5.78 Å². The van der Waals surface area contributed by atoms with Crippen molar-refractivity contribution in [3.05, 3.63) is 144 Å². The molecule has 0 atom stereocenters. The van der Waals surface area contributed by atoms with Gasteiger partial charge >= 0.3 is 0 Å². The van der Waals surface area contributed by atoms with Crippen LogP contribution in [0.1, 0.15) is 27.2 Å². The van der Waals surface area contributed by atoms with Gasteiger partial charge in [0, 0.05) is 16.5 Å². The van der Waals surface area contributed by atoms with E-state index in [1.807, 2.05) is 109 Å². The highest BCUT2D eigenvalue weighted by atomic mass is 16.5. The van der Waals surface area contributed by atoms with E-state index in [0.29, 0.717) is 22.6 Å². The van der Waals surface area contributed by atoms with Crippen LogP contribution in [0, 0.1) is 0 Å². The van der Waals surface area contributed by atoms with Crippen LogP contribution in [-0.4, -0.2) is 17.9 Å². The third-order valence-electron chi connectivity index (χ3n) is 5.81. The summed E-state index contributed by atoms with van der Waals surface area (Å²) in [5, 5.41) is 1.03. The fourth-order valence-electron chi connectivity index (χ4n) is 4.11. The molecule has 1 aromatic heterocycles. The zero-order valence-corrected chi connectivity index (χ0v) is 18.8. The van der Waals surface area contributed by atoms with Gasteiger partial charge in [0.25, 0.3) is 0 Å². The molecule has 5 rings (SSSR count). The van der Waals surface area contributed by atoms with Crippen molar-refractivity contribution in [3.8, 4) is 5.75 Å². The normalized spacial score (nSPS) is 10.6. The number of aromatic nitrogens is 1. The van der Waals surface area contributed by atoms with Gasteiger partial charge in [-0.05, 0) is 47.5 Å². The number of allylic oxidation sites excluding steroid dienone is 1. The standard InChI is InChI=1S/C31H23NO2/c1-34-26-19-16-25(17-20-26)31(33)30(28-21-18-22-10-8-9-15-27(22)32-28)29(23-11-4-2-5-12-23)24-13-6-3-7-14-24/h2-21H,1H3. The highest BCUT2D eigenvalue weighted by Gasteiger charge is 2.23. The molecule has 1 heterocycles. The first kappa shape index (κ1) is 21.4. The van der Waals surface area contributed by atoms with Gasteiger partial charge in [-0.2, -0.15) is 0 Å². The molecular formula is C31H23NO2. The first-order valence-corrected chi connectivity index (χ1v) is 11.1. The summed E-state index contributed by atoms with van der Waals surface area (Å²) < 4.78 is 5.29. The monoisotopic (exact) mass is 441 g/mol. The lowest BCUT2D eigenvalue weighted by Gasteiger charge is -2.17. The summed E-state index contributed by atoms with van der Waals surface area (Å²) in [5.41, 5.74) is 5.40. The molecule has 3 heteroatoms. The fraction of sp³-hybridized carbons (Fsp3) is 0.0323. The number of nitrogens with zero attached hydrogens (tertiary/aromatic N) is 1. The maximum Gasteiger partial charge on any atom is 0.195 e. The summed E-state index contributed by atoms with van der Waals surface area (Å²) in [7, 11) is 1.62. The number of ether oxygens (including phenoxy) is 1. The van der Waals surface area contributed by atoms with E-state index in [9.17, 15) is 4.79 Å². The number of pyridine rings is 1. The van der Waals surface area contributed by atoms with Crippen LogP contribution < -0.4 is 4.74 Å². The van der Waals surface area contributed by atoms with E-state index in [2.05, 4.69) is 0 Å². The summed E-state index contributed by atoms with van der Waals surface area (Å²) in [6, 6.07) is 39.2. The largest absolute Gasteiger partial charge is 0.497 e. The van der Waals surface area contributed by atoms with Gasteiger partial charge in [0.1, 0.15) is 5.75 Å². The molecule has 0 bridgehead atoms. The van der Waals surface area contributed by atoms with Gasteiger partial charge in [0.15, 0.2) is 5.78 Å². The Balaban J connectivity index is 1.82. The molecule has 0 aliphatic carbocycles. The Kier molecular flexibility index (Phi) is 6.00. The molecule has 3 nitrogen and oxygen atoms in total. The molecule has 0 fully saturated rings. The number of hydrogen-bond donors (Lipinski definition) is 0. The van der Waals surface area contributed by atoms with Gasteiger partial charge in [-0.3, -0.25) is 4.79 Å². The number of benzene rings is 4. The molecule has 0 saturated carbocycles. The van der Waals surface area contributed by atoms with Gasteiger partial charge in [0.05, 0.1) is 23.9 Å². The highest BCUT2D eigenvalue weighted by molar-refractivity contribution is 6.35. The number of methoxy groups -OCH3 is 1. The molecule has 164 valence electrons. The molecule has 34 heavy (non-hydrogen) atoms. The Hall–Kier alpha value is -4.50. The molecule has 0 saturated heterocycles. The van der Waals surface area contributed by atoms with Crippen LogP contribution in [0.25, 0.3) is 22.0 Å². The third-order valence-corrected chi connectivity index (χ3v) is 5.81. The number of hydrogen-bond acceptors (Lipinski definition) is 3. The lowest BCUT2D eigenvalue weighted by atomic mass is 9.87. The van der Waals surface area contributed by atoms with Crippen molar-refractivity contribution in [2.24, 2.45) is 0 Å². The maximum atomic E-state index is 14.1. The van der Waals surface area contributed by atoms with E-state index in [4.69, 9.17) is 9.72 Å². The Labute approximate surface area is 199 Å². The number of para-hydroxylation sites is 1. The topological polar surface area (TPSA) is 39.2 Å². The number of carbonyl (C=O) groups excluding carboxylic acids is 1. The SMILES string of the molecule is COc1ccc(C(=O)C(=C(c2ccccc2)c2ccccc2)c2ccc3ccccc3n2)cc1. The van der Waals surface area contributed by atoms with E-state index in [1.54, 1.807) is 19.2 Å². The van der Waals surface area contributed by atoms with Crippen LogP contribution >= 0.6 is 0 Å². The van der Waals surface area contributed by atoms with E-state index >= 15 is 0 Å². The molecule has 0 spiro atoms. The van der Waals surface area contributed by atoms with Gasteiger partial charge in [-0.1, -0.05) is 84.9 Å². The van der Waals surface area contributed by atoms with Gasteiger partial charge in [0.2, 0.25) is 0 Å². The minimum Gasteiger partial charge on any atom is -0.497 e. The van der Waals surface area contributed by atoms with Crippen LogP contribution in [0.15, 0.2) is 121 Å². The van der Waals surface area contributed by atoms with Crippen LogP contribution in [0.5, 0.6) is 5.75 Å². The Bertz CT molecular complexity index is 1430. The van der Waals surface area contributed by atoms with Crippen LogP contribution in [0.4, 0.5) is 0 Å². The summed E-state index contributed by atoms with van der Waals surface area (Å²) in [6.07, 6.45) is 0. The molecular weight excluding hydrogens is 418 g/mol. The minimum atomic E-state index is -0.0897. The molecule has 0 N–H and O–H groups in total. The number of carbonyl (C=O) groups is 1. The van der Waals surface area contributed by atoms with Crippen molar-refractivity contribution in [2.75, 3.05) is 7.11 Å². The Morgan fingerprint density at radius 2 is 1.21 bits per heavy atom. The van der Waals surface area contributed by atoms with Crippen molar-refractivity contribution < 1.29 is 9.53 Å². The molecule has 0 aliphatic rings. The lowest BCUT2D eigenvalue weighted by Crippen LogP contribution is -2.08. The van der Waals surface area contributed by atoms with Crippen molar-refractivity contribution in [1.82, 2.24) is 4.98 Å². The first-order chi connectivity index (χ1) is 16.7. The predicted octanol–water partition coefficient (Wildman–Crippen LogP) is 7.09. The van der Waals surface area contributed by atoms with Crippen LogP contribution in [0.3, 0.4) is 0 Å².